The predicted octanol–water partition coefficient (Wildman–Crippen LogP) is 4.55. The van der Waals surface area contributed by atoms with E-state index in [2.05, 4.69) is 21.3 Å². The molecule has 6 nitrogen and oxygen atoms in total. The molecule has 4 rings (SSSR count). The molecule has 2 unspecified atom stereocenters. The third-order valence-corrected chi connectivity index (χ3v) is 6.44. The summed E-state index contributed by atoms with van der Waals surface area (Å²) in [5, 5.41) is 4.03. The Hall–Kier alpha value is -3.26. The first-order chi connectivity index (χ1) is 15.9. The zero-order valence-corrected chi connectivity index (χ0v) is 19.7. The maximum atomic E-state index is 14.7. The SMILES string of the molecule is COC(=O)CCCN1C(=S)NC(c2ccccn2)C1c1cc(C)n(-c2ccccc2F)c1C. The van der Waals surface area contributed by atoms with E-state index >= 15 is 0 Å². The maximum absolute atomic E-state index is 14.7. The molecule has 0 bridgehead atoms. The topological polar surface area (TPSA) is 59.4 Å². The number of carbonyl (C=O) groups excluding carboxylic acids is 1. The van der Waals surface area contributed by atoms with Crippen LogP contribution in [-0.4, -0.2) is 39.2 Å². The number of para-hydroxylation sites is 1. The molecule has 3 heterocycles. The molecule has 1 aliphatic heterocycles. The molecule has 0 aliphatic carbocycles. The first kappa shape index (κ1) is 22.9. The average molecular weight is 467 g/mol. The monoisotopic (exact) mass is 466 g/mol. The molecule has 33 heavy (non-hydrogen) atoms. The zero-order chi connectivity index (χ0) is 23.5. The van der Waals surface area contributed by atoms with Gasteiger partial charge in [0.05, 0.1) is 30.6 Å². The van der Waals surface area contributed by atoms with E-state index in [0.717, 1.165) is 22.6 Å². The van der Waals surface area contributed by atoms with Crippen molar-refractivity contribution < 1.29 is 13.9 Å². The summed E-state index contributed by atoms with van der Waals surface area (Å²) in [6.45, 7) is 4.55. The van der Waals surface area contributed by atoms with Gasteiger partial charge >= 0.3 is 5.97 Å². The van der Waals surface area contributed by atoms with Crippen molar-refractivity contribution in [2.24, 2.45) is 0 Å². The highest BCUT2D eigenvalue weighted by Gasteiger charge is 2.41. The molecule has 2 atom stereocenters. The van der Waals surface area contributed by atoms with Crippen LogP contribution in [0.3, 0.4) is 0 Å². The van der Waals surface area contributed by atoms with Crippen LogP contribution in [0.1, 0.15) is 47.6 Å². The van der Waals surface area contributed by atoms with Crippen LogP contribution in [0.25, 0.3) is 5.69 Å². The van der Waals surface area contributed by atoms with Crippen LogP contribution in [-0.2, 0) is 9.53 Å². The number of esters is 1. The van der Waals surface area contributed by atoms with Crippen molar-refractivity contribution in [2.45, 2.75) is 38.8 Å². The molecule has 1 saturated heterocycles. The van der Waals surface area contributed by atoms with Gasteiger partial charge in [-0.15, -0.1) is 0 Å². The van der Waals surface area contributed by atoms with E-state index in [0.29, 0.717) is 30.2 Å². The van der Waals surface area contributed by atoms with Gasteiger partial charge in [0, 0.05) is 30.6 Å². The lowest BCUT2D eigenvalue weighted by Crippen LogP contribution is -2.31. The number of methoxy groups -OCH3 is 1. The number of hydrogen-bond acceptors (Lipinski definition) is 4. The van der Waals surface area contributed by atoms with Gasteiger partial charge in [-0.3, -0.25) is 9.78 Å². The second-order valence-corrected chi connectivity index (χ2v) is 8.50. The molecule has 2 aromatic heterocycles. The number of thiocarbonyl (C=S) groups is 1. The normalized spacial score (nSPS) is 17.8. The van der Waals surface area contributed by atoms with Crippen molar-refractivity contribution in [3.8, 4) is 5.69 Å². The number of rotatable bonds is 7. The summed E-state index contributed by atoms with van der Waals surface area (Å²) >= 11 is 5.70. The molecule has 1 aliphatic rings. The second kappa shape index (κ2) is 9.70. The Kier molecular flexibility index (Phi) is 6.74. The minimum Gasteiger partial charge on any atom is -0.469 e. The van der Waals surface area contributed by atoms with Crippen LogP contribution in [0.2, 0.25) is 0 Å². The van der Waals surface area contributed by atoms with Gasteiger partial charge in [-0.2, -0.15) is 0 Å². The van der Waals surface area contributed by atoms with Crippen molar-refractivity contribution in [3.63, 3.8) is 0 Å². The fourth-order valence-electron chi connectivity index (χ4n) is 4.57. The highest BCUT2D eigenvalue weighted by Crippen LogP contribution is 2.41. The number of aryl methyl sites for hydroxylation is 1. The summed E-state index contributed by atoms with van der Waals surface area (Å²) in [5.74, 6) is -0.522. The van der Waals surface area contributed by atoms with Crippen LogP contribution in [0.5, 0.6) is 0 Å². The first-order valence-electron chi connectivity index (χ1n) is 10.9. The van der Waals surface area contributed by atoms with Crippen LogP contribution in [0.15, 0.2) is 54.7 Å². The van der Waals surface area contributed by atoms with Crippen LogP contribution in [0, 0.1) is 19.7 Å². The van der Waals surface area contributed by atoms with Crippen molar-refractivity contribution in [2.75, 3.05) is 13.7 Å². The summed E-state index contributed by atoms with van der Waals surface area (Å²) in [6.07, 6.45) is 2.68. The van der Waals surface area contributed by atoms with Crippen LogP contribution >= 0.6 is 12.2 Å². The smallest absolute Gasteiger partial charge is 0.305 e. The molecule has 0 radical (unpaired) electrons. The molecule has 172 valence electrons. The summed E-state index contributed by atoms with van der Waals surface area (Å²) in [7, 11) is 1.39. The van der Waals surface area contributed by atoms with Crippen LogP contribution < -0.4 is 5.32 Å². The summed E-state index contributed by atoms with van der Waals surface area (Å²) in [4.78, 5) is 18.3. The van der Waals surface area contributed by atoms with Gasteiger partial charge < -0.3 is 19.5 Å². The van der Waals surface area contributed by atoms with E-state index in [1.807, 2.05) is 42.7 Å². The summed E-state index contributed by atoms with van der Waals surface area (Å²) in [6, 6.07) is 14.3. The van der Waals surface area contributed by atoms with E-state index in [-0.39, 0.29) is 23.9 Å². The molecule has 1 fully saturated rings. The lowest BCUT2D eigenvalue weighted by molar-refractivity contribution is -0.140. The number of carbonyl (C=O) groups is 1. The van der Waals surface area contributed by atoms with E-state index in [1.54, 1.807) is 18.3 Å². The third kappa shape index (κ3) is 4.48. The highest BCUT2D eigenvalue weighted by molar-refractivity contribution is 7.80. The van der Waals surface area contributed by atoms with E-state index < -0.39 is 0 Å². The average Bonchev–Trinajstić information content (AvgIpc) is 3.30. The van der Waals surface area contributed by atoms with E-state index in [1.165, 1.54) is 13.2 Å². The van der Waals surface area contributed by atoms with Gasteiger partial charge in [0.15, 0.2) is 5.11 Å². The van der Waals surface area contributed by atoms with E-state index in [9.17, 15) is 9.18 Å². The lowest BCUT2D eigenvalue weighted by atomic mass is 9.96. The molecule has 0 amide bonds. The Balaban J connectivity index is 1.76. The van der Waals surface area contributed by atoms with Gasteiger partial charge in [0.2, 0.25) is 0 Å². The molecular weight excluding hydrogens is 439 g/mol. The van der Waals surface area contributed by atoms with Crippen molar-refractivity contribution in [1.29, 1.82) is 0 Å². The Morgan fingerprint density at radius 3 is 2.67 bits per heavy atom. The van der Waals surface area contributed by atoms with Gasteiger partial charge in [0.25, 0.3) is 0 Å². The fourth-order valence-corrected chi connectivity index (χ4v) is 4.90. The van der Waals surface area contributed by atoms with Crippen LogP contribution in [0.4, 0.5) is 4.39 Å². The Morgan fingerprint density at radius 2 is 1.97 bits per heavy atom. The number of ether oxygens (including phenoxy) is 1. The largest absolute Gasteiger partial charge is 0.469 e. The second-order valence-electron chi connectivity index (χ2n) is 8.11. The fraction of sp³-hybridized carbons (Fsp3) is 0.320. The number of hydrogen-bond donors (Lipinski definition) is 1. The van der Waals surface area contributed by atoms with Gasteiger partial charge in [0.1, 0.15) is 5.82 Å². The molecule has 0 spiro atoms. The quantitative estimate of drug-likeness (QED) is 0.407. The van der Waals surface area contributed by atoms with Crippen molar-refractivity contribution in [3.05, 3.63) is 83.2 Å². The Labute approximate surface area is 198 Å². The molecule has 0 saturated carbocycles. The zero-order valence-electron chi connectivity index (χ0n) is 18.9. The summed E-state index contributed by atoms with van der Waals surface area (Å²) in [5.41, 5.74) is 4.29. The third-order valence-electron chi connectivity index (χ3n) is 6.09. The molecule has 1 N–H and O–H groups in total. The summed E-state index contributed by atoms with van der Waals surface area (Å²) < 4.78 is 21.4. The minimum atomic E-state index is -0.276. The minimum absolute atomic E-state index is 0.156. The molecule has 1 aromatic carbocycles. The highest BCUT2D eigenvalue weighted by atomic mass is 32.1. The van der Waals surface area contributed by atoms with Crippen molar-refractivity contribution in [1.82, 2.24) is 19.8 Å². The predicted molar refractivity (Wildman–Crippen MR) is 129 cm³/mol. The number of pyridine rings is 1. The van der Waals surface area contributed by atoms with Gasteiger partial charge in [-0.1, -0.05) is 18.2 Å². The first-order valence-corrected chi connectivity index (χ1v) is 11.3. The van der Waals surface area contributed by atoms with E-state index in [4.69, 9.17) is 17.0 Å². The standard InChI is InChI=1S/C25H27FN4O2S/c1-16-15-18(17(2)30(16)21-11-5-4-9-19(21)26)24-23(20-10-6-7-13-27-20)28-25(33)29(24)14-8-12-22(31)32-3/h4-7,9-11,13,15,23-24H,8,12,14H2,1-3H3,(H,28,33). The number of benzene rings is 1. The number of nitrogens with zero attached hydrogens (tertiary/aromatic N) is 3. The van der Waals surface area contributed by atoms with Gasteiger partial charge in [-0.05, 0) is 68.4 Å². The number of nitrogens with one attached hydrogen (secondary N) is 1. The number of aromatic nitrogens is 2. The maximum Gasteiger partial charge on any atom is 0.305 e. The lowest BCUT2D eigenvalue weighted by Gasteiger charge is -2.28. The Morgan fingerprint density at radius 1 is 1.21 bits per heavy atom. The Bertz CT molecular complexity index is 1160. The molecular formula is C25H27FN4O2S. The van der Waals surface area contributed by atoms with Gasteiger partial charge in [-0.25, -0.2) is 4.39 Å². The molecule has 3 aromatic rings. The molecule has 8 heteroatoms. The van der Waals surface area contributed by atoms with Crippen molar-refractivity contribution >= 4 is 23.3 Å². The number of halogens is 1.